The van der Waals surface area contributed by atoms with Crippen molar-refractivity contribution < 1.29 is 14.6 Å². The lowest BCUT2D eigenvalue weighted by molar-refractivity contribution is -0.255. The van der Waals surface area contributed by atoms with Crippen LogP contribution in [-0.2, 0) is 0 Å². The summed E-state index contributed by atoms with van der Waals surface area (Å²) in [5, 5.41) is 10.7. The van der Waals surface area contributed by atoms with E-state index in [4.69, 9.17) is 4.74 Å². The van der Waals surface area contributed by atoms with Crippen molar-refractivity contribution in [2.45, 2.75) is 103 Å². The minimum atomic E-state index is -1.15. The third kappa shape index (κ3) is 13.3. The molecule has 0 amide bonds. The Balaban J connectivity index is 1.81. The third-order valence-corrected chi connectivity index (χ3v) is 5.11. The van der Waals surface area contributed by atoms with E-state index in [1.54, 1.807) is 12.1 Å². The van der Waals surface area contributed by atoms with Gasteiger partial charge in [0, 0.05) is 0 Å². The molecule has 0 radical (unpaired) electrons. The summed E-state index contributed by atoms with van der Waals surface area (Å²) in [6.07, 6.45) is 20.3. The van der Waals surface area contributed by atoms with Crippen LogP contribution in [0.4, 0.5) is 0 Å². The number of carboxylic acids is 1. The summed E-state index contributed by atoms with van der Waals surface area (Å²) in [6, 6.07) is 6.43. The number of unbranched alkanes of at least 4 members (excludes halogenated alkanes) is 14. The highest BCUT2D eigenvalue weighted by Gasteiger charge is 1.97. The first-order valence-corrected chi connectivity index (χ1v) is 11.2. The van der Waals surface area contributed by atoms with Crippen molar-refractivity contribution in [3.63, 3.8) is 0 Å². The molecule has 0 spiro atoms. The Hall–Kier alpha value is -1.51. The lowest BCUT2D eigenvalue weighted by Gasteiger charge is -2.08. The van der Waals surface area contributed by atoms with Gasteiger partial charge in [0.1, 0.15) is 5.75 Å². The zero-order chi connectivity index (χ0) is 19.6. The van der Waals surface area contributed by atoms with Gasteiger partial charge in [0.15, 0.2) is 0 Å². The van der Waals surface area contributed by atoms with Crippen LogP contribution in [0, 0.1) is 0 Å². The molecule has 3 nitrogen and oxygen atoms in total. The van der Waals surface area contributed by atoms with E-state index in [1.807, 2.05) is 0 Å². The number of hydrogen-bond acceptors (Lipinski definition) is 3. The summed E-state index contributed by atoms with van der Waals surface area (Å²) < 4.78 is 5.64. The molecular formula is C24H39O3-. The van der Waals surface area contributed by atoms with Crippen LogP contribution in [0.15, 0.2) is 24.3 Å². The molecule has 0 fully saturated rings. The summed E-state index contributed by atoms with van der Waals surface area (Å²) >= 11 is 0. The van der Waals surface area contributed by atoms with Crippen LogP contribution >= 0.6 is 0 Å². The molecular weight excluding hydrogens is 336 g/mol. The summed E-state index contributed by atoms with van der Waals surface area (Å²) in [6.45, 7) is 2.97. The minimum Gasteiger partial charge on any atom is -0.545 e. The van der Waals surface area contributed by atoms with Gasteiger partial charge >= 0.3 is 0 Å². The molecule has 0 aliphatic rings. The van der Waals surface area contributed by atoms with Crippen molar-refractivity contribution >= 4 is 5.97 Å². The van der Waals surface area contributed by atoms with E-state index < -0.39 is 5.97 Å². The van der Waals surface area contributed by atoms with Gasteiger partial charge in [0.05, 0.1) is 12.6 Å². The largest absolute Gasteiger partial charge is 0.545 e. The molecule has 0 atom stereocenters. The van der Waals surface area contributed by atoms with Gasteiger partial charge in [0.25, 0.3) is 0 Å². The molecule has 0 unspecified atom stereocenters. The number of aromatic carboxylic acids is 1. The predicted octanol–water partition coefficient (Wildman–Crippen LogP) is 6.30. The quantitative estimate of drug-likeness (QED) is 0.283. The van der Waals surface area contributed by atoms with E-state index in [1.165, 1.54) is 102 Å². The van der Waals surface area contributed by atoms with E-state index in [-0.39, 0.29) is 5.56 Å². The Labute approximate surface area is 166 Å². The van der Waals surface area contributed by atoms with Gasteiger partial charge in [-0.25, -0.2) is 0 Å². The van der Waals surface area contributed by atoms with Crippen molar-refractivity contribution in [1.82, 2.24) is 0 Å². The van der Waals surface area contributed by atoms with Crippen LogP contribution in [0.2, 0.25) is 0 Å². The highest BCUT2D eigenvalue weighted by molar-refractivity contribution is 5.85. The van der Waals surface area contributed by atoms with Gasteiger partial charge in [-0.3, -0.25) is 0 Å². The van der Waals surface area contributed by atoms with Gasteiger partial charge in [-0.2, -0.15) is 0 Å². The fraction of sp³-hybridized carbons (Fsp3) is 0.708. The van der Waals surface area contributed by atoms with Crippen LogP contribution in [0.25, 0.3) is 0 Å². The van der Waals surface area contributed by atoms with Crippen molar-refractivity contribution in [2.24, 2.45) is 0 Å². The summed E-state index contributed by atoms with van der Waals surface area (Å²) in [5.41, 5.74) is 0.189. The lowest BCUT2D eigenvalue weighted by atomic mass is 10.0. The number of carbonyl (C=O) groups is 1. The van der Waals surface area contributed by atoms with Crippen molar-refractivity contribution in [3.05, 3.63) is 29.8 Å². The van der Waals surface area contributed by atoms with Crippen LogP contribution in [0.5, 0.6) is 5.75 Å². The number of carbonyl (C=O) groups excluding carboxylic acids is 1. The molecule has 0 aromatic heterocycles. The smallest absolute Gasteiger partial charge is 0.119 e. The molecule has 1 rings (SSSR count). The van der Waals surface area contributed by atoms with Crippen molar-refractivity contribution in [1.29, 1.82) is 0 Å². The number of hydrogen-bond donors (Lipinski definition) is 0. The van der Waals surface area contributed by atoms with Gasteiger partial charge in [-0.05, 0) is 36.2 Å². The molecule has 0 aliphatic carbocycles. The van der Waals surface area contributed by atoms with E-state index in [2.05, 4.69) is 6.92 Å². The van der Waals surface area contributed by atoms with E-state index in [0.29, 0.717) is 6.61 Å². The highest BCUT2D eigenvalue weighted by Crippen LogP contribution is 2.15. The third-order valence-electron chi connectivity index (χ3n) is 5.11. The zero-order valence-corrected chi connectivity index (χ0v) is 17.3. The minimum absolute atomic E-state index is 0.189. The van der Waals surface area contributed by atoms with Crippen LogP contribution in [0.1, 0.15) is 114 Å². The first kappa shape index (κ1) is 23.5. The van der Waals surface area contributed by atoms with Gasteiger partial charge in [-0.1, -0.05) is 96.8 Å². The molecule has 3 heteroatoms. The number of ether oxygens (including phenoxy) is 1. The Kier molecular flexibility index (Phi) is 14.5. The molecule has 0 N–H and O–H groups in total. The second kappa shape index (κ2) is 16.6. The summed E-state index contributed by atoms with van der Waals surface area (Å²) in [7, 11) is 0. The zero-order valence-electron chi connectivity index (χ0n) is 17.3. The maximum atomic E-state index is 10.7. The fourth-order valence-electron chi connectivity index (χ4n) is 3.35. The Morgan fingerprint density at radius 3 is 1.52 bits per heavy atom. The molecule has 154 valence electrons. The topological polar surface area (TPSA) is 49.4 Å². The molecule has 0 saturated carbocycles. The SMILES string of the molecule is CCCCCCCCCCCCCCCCCOc1ccc(C(=O)[O-])cc1. The monoisotopic (exact) mass is 375 g/mol. The second-order valence-corrected chi connectivity index (χ2v) is 7.61. The van der Waals surface area contributed by atoms with E-state index in [0.717, 1.165) is 12.2 Å². The first-order valence-electron chi connectivity index (χ1n) is 11.2. The number of benzene rings is 1. The van der Waals surface area contributed by atoms with E-state index >= 15 is 0 Å². The van der Waals surface area contributed by atoms with Gasteiger partial charge in [-0.15, -0.1) is 0 Å². The van der Waals surface area contributed by atoms with Crippen molar-refractivity contribution in [3.8, 4) is 5.75 Å². The molecule has 1 aromatic carbocycles. The summed E-state index contributed by atoms with van der Waals surface area (Å²) in [4.78, 5) is 10.7. The van der Waals surface area contributed by atoms with Crippen LogP contribution < -0.4 is 9.84 Å². The Bertz CT molecular complexity index is 467. The van der Waals surface area contributed by atoms with Gasteiger partial charge < -0.3 is 14.6 Å². The van der Waals surface area contributed by atoms with E-state index in [9.17, 15) is 9.90 Å². The first-order chi connectivity index (χ1) is 13.2. The average molecular weight is 376 g/mol. The maximum Gasteiger partial charge on any atom is 0.119 e. The molecule has 1 aromatic rings. The van der Waals surface area contributed by atoms with Crippen LogP contribution in [0.3, 0.4) is 0 Å². The van der Waals surface area contributed by atoms with Gasteiger partial charge in [0.2, 0.25) is 0 Å². The Morgan fingerprint density at radius 1 is 0.704 bits per heavy atom. The molecule has 0 aliphatic heterocycles. The fourth-order valence-corrected chi connectivity index (χ4v) is 3.35. The molecule has 0 saturated heterocycles. The average Bonchev–Trinajstić information content (AvgIpc) is 2.68. The molecule has 0 bridgehead atoms. The standard InChI is InChI=1S/C24H40O3/c1-2-3-4-5-6-7-8-9-10-11-12-13-14-15-16-21-27-23-19-17-22(18-20-23)24(25)26/h17-20H,2-16,21H2,1H3,(H,25,26)/p-1. The molecule has 0 heterocycles. The number of rotatable bonds is 18. The van der Waals surface area contributed by atoms with Crippen LogP contribution in [-0.4, -0.2) is 12.6 Å². The maximum absolute atomic E-state index is 10.7. The predicted molar refractivity (Wildman–Crippen MR) is 111 cm³/mol. The summed E-state index contributed by atoms with van der Waals surface area (Å²) in [5.74, 6) is -0.422. The Morgan fingerprint density at radius 2 is 1.11 bits per heavy atom. The normalized spacial score (nSPS) is 10.9. The second-order valence-electron chi connectivity index (χ2n) is 7.61. The highest BCUT2D eigenvalue weighted by atomic mass is 16.5. The molecule has 27 heavy (non-hydrogen) atoms. The lowest BCUT2D eigenvalue weighted by Crippen LogP contribution is -2.21. The number of carboxylic acid groups (broad SMARTS) is 1. The van der Waals surface area contributed by atoms with Crippen molar-refractivity contribution in [2.75, 3.05) is 6.61 Å².